The molecule has 1 aliphatic heterocycles. The SMILES string of the molecule is C/C(=C\c1ccc(C(=O)O)cc1)c1ccc2c(c1)CCC(C)CS2. The van der Waals surface area contributed by atoms with E-state index in [2.05, 4.69) is 38.1 Å². The van der Waals surface area contributed by atoms with Crippen LogP contribution in [0.4, 0.5) is 0 Å². The summed E-state index contributed by atoms with van der Waals surface area (Å²) in [5.74, 6) is 1.09. The van der Waals surface area contributed by atoms with Crippen LogP contribution in [0.1, 0.15) is 47.3 Å². The Hall–Kier alpha value is -2.00. The van der Waals surface area contributed by atoms with E-state index >= 15 is 0 Å². The predicted octanol–water partition coefficient (Wildman–Crippen LogP) is 5.62. The molecule has 1 aliphatic rings. The molecule has 0 aromatic heterocycles. The Kier molecular flexibility index (Phi) is 5.10. The Morgan fingerprint density at radius 2 is 1.88 bits per heavy atom. The number of hydrogen-bond acceptors (Lipinski definition) is 2. The first-order valence-electron chi connectivity index (χ1n) is 8.30. The predicted molar refractivity (Wildman–Crippen MR) is 102 cm³/mol. The number of carbonyl (C=O) groups is 1. The lowest BCUT2D eigenvalue weighted by atomic mass is 9.98. The average Bonchev–Trinajstić information content (AvgIpc) is 2.77. The van der Waals surface area contributed by atoms with Gasteiger partial charge < -0.3 is 5.11 Å². The van der Waals surface area contributed by atoms with Crippen molar-refractivity contribution in [1.29, 1.82) is 0 Å². The summed E-state index contributed by atoms with van der Waals surface area (Å²) in [6.07, 6.45) is 4.51. The summed E-state index contributed by atoms with van der Waals surface area (Å²) >= 11 is 1.97. The summed E-state index contributed by atoms with van der Waals surface area (Å²) in [6.45, 7) is 4.44. The fraction of sp³-hybridized carbons (Fsp3) is 0.286. The maximum atomic E-state index is 10.9. The fourth-order valence-electron chi connectivity index (χ4n) is 2.93. The second-order valence-electron chi connectivity index (χ2n) is 6.53. The number of benzene rings is 2. The van der Waals surface area contributed by atoms with Crippen LogP contribution in [0.2, 0.25) is 0 Å². The lowest BCUT2D eigenvalue weighted by Gasteiger charge is -2.09. The first-order chi connectivity index (χ1) is 11.5. The zero-order chi connectivity index (χ0) is 17.1. The minimum atomic E-state index is -0.889. The highest BCUT2D eigenvalue weighted by atomic mass is 32.2. The molecule has 0 fully saturated rings. The van der Waals surface area contributed by atoms with E-state index in [4.69, 9.17) is 5.11 Å². The molecule has 24 heavy (non-hydrogen) atoms. The molecule has 124 valence electrons. The summed E-state index contributed by atoms with van der Waals surface area (Å²) in [4.78, 5) is 12.3. The van der Waals surface area contributed by atoms with Crippen LogP contribution in [0.5, 0.6) is 0 Å². The average molecular weight is 338 g/mol. The number of aryl methyl sites for hydroxylation is 1. The monoisotopic (exact) mass is 338 g/mol. The van der Waals surface area contributed by atoms with Gasteiger partial charge in [0.05, 0.1) is 5.56 Å². The van der Waals surface area contributed by atoms with Crippen LogP contribution in [-0.2, 0) is 6.42 Å². The van der Waals surface area contributed by atoms with Crippen molar-refractivity contribution in [3.8, 4) is 0 Å². The molecule has 0 saturated carbocycles. The van der Waals surface area contributed by atoms with Crippen LogP contribution in [-0.4, -0.2) is 16.8 Å². The van der Waals surface area contributed by atoms with E-state index in [1.54, 1.807) is 12.1 Å². The highest BCUT2D eigenvalue weighted by molar-refractivity contribution is 7.99. The highest BCUT2D eigenvalue weighted by Crippen LogP contribution is 2.33. The van der Waals surface area contributed by atoms with Gasteiger partial charge in [0.15, 0.2) is 0 Å². The minimum absolute atomic E-state index is 0.320. The molecule has 1 unspecified atom stereocenters. The summed E-state index contributed by atoms with van der Waals surface area (Å²) in [7, 11) is 0. The van der Waals surface area contributed by atoms with Crippen molar-refractivity contribution in [3.05, 3.63) is 64.7 Å². The van der Waals surface area contributed by atoms with Crippen LogP contribution in [0.25, 0.3) is 11.6 Å². The number of thioether (sulfide) groups is 1. The lowest BCUT2D eigenvalue weighted by molar-refractivity contribution is 0.0697. The van der Waals surface area contributed by atoms with Gasteiger partial charge in [0.1, 0.15) is 0 Å². The molecule has 2 aromatic carbocycles. The summed E-state index contributed by atoms with van der Waals surface area (Å²) in [5.41, 5.74) is 5.24. The minimum Gasteiger partial charge on any atom is -0.478 e. The molecule has 0 radical (unpaired) electrons. The van der Waals surface area contributed by atoms with Crippen LogP contribution >= 0.6 is 11.8 Å². The summed E-state index contributed by atoms with van der Waals surface area (Å²) in [6, 6.07) is 13.8. The van der Waals surface area contributed by atoms with Gasteiger partial charge in [0.2, 0.25) is 0 Å². The smallest absolute Gasteiger partial charge is 0.335 e. The zero-order valence-corrected chi connectivity index (χ0v) is 14.9. The van der Waals surface area contributed by atoms with Crippen molar-refractivity contribution >= 4 is 29.4 Å². The van der Waals surface area contributed by atoms with Crippen LogP contribution in [0, 0.1) is 5.92 Å². The van der Waals surface area contributed by atoms with Crippen molar-refractivity contribution < 1.29 is 9.90 Å². The molecule has 2 aromatic rings. The normalized spacial score (nSPS) is 17.9. The number of aromatic carboxylic acids is 1. The van der Waals surface area contributed by atoms with Crippen LogP contribution < -0.4 is 0 Å². The van der Waals surface area contributed by atoms with Crippen molar-refractivity contribution in [1.82, 2.24) is 0 Å². The van der Waals surface area contributed by atoms with Gasteiger partial charge in [0.25, 0.3) is 0 Å². The van der Waals surface area contributed by atoms with Crippen molar-refractivity contribution in [2.24, 2.45) is 5.92 Å². The van der Waals surface area contributed by atoms with E-state index < -0.39 is 5.97 Å². The van der Waals surface area contributed by atoms with Gasteiger partial charge in [-0.15, -0.1) is 11.8 Å². The third kappa shape index (κ3) is 3.90. The second-order valence-corrected chi connectivity index (χ2v) is 7.59. The van der Waals surface area contributed by atoms with E-state index in [9.17, 15) is 4.79 Å². The van der Waals surface area contributed by atoms with Gasteiger partial charge in [-0.2, -0.15) is 0 Å². The van der Waals surface area contributed by atoms with Crippen LogP contribution in [0.3, 0.4) is 0 Å². The van der Waals surface area contributed by atoms with Crippen molar-refractivity contribution in [2.75, 3.05) is 5.75 Å². The largest absolute Gasteiger partial charge is 0.478 e. The Morgan fingerprint density at radius 3 is 2.58 bits per heavy atom. The van der Waals surface area contributed by atoms with Gasteiger partial charge >= 0.3 is 5.97 Å². The number of allylic oxidation sites excluding steroid dienone is 1. The molecule has 3 heteroatoms. The number of fused-ring (bicyclic) bond motifs is 1. The summed E-state index contributed by atoms with van der Waals surface area (Å²) in [5, 5.41) is 8.97. The molecule has 1 atom stereocenters. The molecule has 2 nitrogen and oxygen atoms in total. The Morgan fingerprint density at radius 1 is 1.17 bits per heavy atom. The molecule has 0 saturated heterocycles. The first-order valence-corrected chi connectivity index (χ1v) is 9.29. The Labute approximate surface area is 147 Å². The van der Waals surface area contributed by atoms with Gasteiger partial charge in [-0.1, -0.05) is 37.3 Å². The molecule has 0 aliphatic carbocycles. The zero-order valence-electron chi connectivity index (χ0n) is 14.1. The molecule has 0 bridgehead atoms. The van der Waals surface area contributed by atoms with E-state index in [0.29, 0.717) is 5.56 Å². The Bertz CT molecular complexity index is 775. The van der Waals surface area contributed by atoms with E-state index in [-0.39, 0.29) is 0 Å². The first kappa shape index (κ1) is 16.8. The maximum Gasteiger partial charge on any atom is 0.335 e. The lowest BCUT2D eigenvalue weighted by Crippen LogP contribution is -1.96. The van der Waals surface area contributed by atoms with E-state index in [1.165, 1.54) is 33.8 Å². The van der Waals surface area contributed by atoms with E-state index in [0.717, 1.165) is 17.9 Å². The standard InChI is InChI=1S/C21H22O2S/c1-14-3-6-19-12-18(9-10-20(19)24-13-14)15(2)11-16-4-7-17(8-5-16)21(22)23/h4-5,7-12,14H,3,6,13H2,1-2H3,(H,22,23)/b15-11+. The van der Waals surface area contributed by atoms with Gasteiger partial charge in [-0.3, -0.25) is 0 Å². The van der Waals surface area contributed by atoms with Gasteiger partial charge in [0, 0.05) is 10.6 Å². The fourth-order valence-corrected chi connectivity index (χ4v) is 4.07. The van der Waals surface area contributed by atoms with Crippen molar-refractivity contribution in [2.45, 2.75) is 31.6 Å². The molecule has 3 rings (SSSR count). The number of carboxylic acid groups (broad SMARTS) is 1. The Balaban J connectivity index is 1.84. The topological polar surface area (TPSA) is 37.3 Å². The number of carboxylic acids is 1. The molecular formula is C21H22O2S. The third-order valence-corrected chi connectivity index (χ3v) is 5.93. The van der Waals surface area contributed by atoms with Crippen LogP contribution in [0.15, 0.2) is 47.4 Å². The number of rotatable bonds is 3. The quantitative estimate of drug-likeness (QED) is 0.738. The number of hydrogen-bond donors (Lipinski definition) is 1. The van der Waals surface area contributed by atoms with E-state index in [1.807, 2.05) is 23.9 Å². The molecular weight excluding hydrogens is 316 g/mol. The maximum absolute atomic E-state index is 10.9. The summed E-state index contributed by atoms with van der Waals surface area (Å²) < 4.78 is 0. The third-order valence-electron chi connectivity index (χ3n) is 4.49. The molecule has 1 heterocycles. The van der Waals surface area contributed by atoms with Gasteiger partial charge in [-0.05, 0) is 66.1 Å². The van der Waals surface area contributed by atoms with Gasteiger partial charge in [-0.25, -0.2) is 4.79 Å². The molecule has 1 N–H and O–H groups in total. The molecule has 0 amide bonds. The highest BCUT2D eigenvalue weighted by Gasteiger charge is 2.14. The molecule has 0 spiro atoms. The van der Waals surface area contributed by atoms with Crippen molar-refractivity contribution in [3.63, 3.8) is 0 Å². The second kappa shape index (κ2) is 7.27.